The lowest BCUT2D eigenvalue weighted by Gasteiger charge is -2.18. The van der Waals surface area contributed by atoms with Crippen molar-refractivity contribution in [2.45, 2.75) is 6.04 Å². The highest BCUT2D eigenvalue weighted by molar-refractivity contribution is 8.22. The average Bonchev–Trinajstić information content (AvgIpc) is 2.49. The van der Waals surface area contributed by atoms with Crippen LogP contribution in [0.5, 0.6) is 0 Å². The average molecular weight is 290 g/mol. The van der Waals surface area contributed by atoms with Crippen molar-refractivity contribution in [1.82, 2.24) is 15.7 Å². The first-order valence-corrected chi connectivity index (χ1v) is 7.37. The summed E-state index contributed by atoms with van der Waals surface area (Å²) in [4.78, 5) is 4.34. The third-order valence-electron chi connectivity index (χ3n) is 2.46. The topological polar surface area (TPSA) is 49.3 Å². The number of rotatable bonds is 3. The van der Waals surface area contributed by atoms with Gasteiger partial charge in [0.05, 0.1) is 11.7 Å². The van der Waals surface area contributed by atoms with Crippen LogP contribution in [-0.2, 0) is 0 Å². The predicted molar refractivity (Wildman–Crippen MR) is 85.2 cm³/mol. The smallest absolute Gasteiger partial charge is 0.153 e. The molecule has 0 aromatic carbocycles. The Hall–Kier alpha value is -1.66. The quantitative estimate of drug-likeness (QED) is 0.507. The fourth-order valence-corrected chi connectivity index (χ4v) is 1.75. The van der Waals surface area contributed by atoms with Gasteiger partial charge in [0.25, 0.3) is 0 Å². The number of dihydropyridines is 1. The molecule has 2 N–H and O–H groups in total. The minimum atomic E-state index is -0.0166. The second kappa shape index (κ2) is 7.06. The molecular weight excluding hydrogens is 276 g/mol. The maximum absolute atomic E-state index is 5.10. The number of thioether (sulfide) groups is 1. The van der Waals surface area contributed by atoms with Crippen LogP contribution in [0.15, 0.2) is 53.9 Å². The van der Waals surface area contributed by atoms with Gasteiger partial charge in [-0.1, -0.05) is 42.2 Å². The summed E-state index contributed by atoms with van der Waals surface area (Å²) in [5, 5.41) is 7.61. The summed E-state index contributed by atoms with van der Waals surface area (Å²) in [5.74, 6) is 0. The van der Waals surface area contributed by atoms with Crippen molar-refractivity contribution in [1.29, 1.82) is 0 Å². The van der Waals surface area contributed by atoms with Gasteiger partial charge in [-0.25, -0.2) is 0 Å². The van der Waals surface area contributed by atoms with Crippen LogP contribution in [-0.4, -0.2) is 27.3 Å². The lowest BCUT2D eigenvalue weighted by Crippen LogP contribution is -2.35. The van der Waals surface area contributed by atoms with Gasteiger partial charge in [0, 0.05) is 6.20 Å². The number of hydrogen-bond acceptors (Lipinski definition) is 5. The largest absolute Gasteiger partial charge is 0.379 e. The van der Waals surface area contributed by atoms with Gasteiger partial charge in [0.15, 0.2) is 4.32 Å². The van der Waals surface area contributed by atoms with Gasteiger partial charge in [-0.2, -0.15) is 5.10 Å². The van der Waals surface area contributed by atoms with Crippen LogP contribution in [0.25, 0.3) is 0 Å². The number of nitrogens with one attached hydrogen (secondary N) is 2. The molecule has 1 aliphatic heterocycles. The molecular formula is C13H14N4S2. The van der Waals surface area contributed by atoms with Gasteiger partial charge in [-0.3, -0.25) is 10.4 Å². The second-order valence-electron chi connectivity index (χ2n) is 3.70. The Kier molecular flexibility index (Phi) is 5.11. The molecule has 98 valence electrons. The van der Waals surface area contributed by atoms with E-state index in [4.69, 9.17) is 12.2 Å². The highest BCUT2D eigenvalue weighted by Crippen LogP contribution is 2.06. The number of aromatic nitrogens is 1. The van der Waals surface area contributed by atoms with E-state index in [0.717, 1.165) is 11.4 Å². The van der Waals surface area contributed by atoms with Crippen LogP contribution in [0.1, 0.15) is 5.69 Å². The van der Waals surface area contributed by atoms with Gasteiger partial charge >= 0.3 is 0 Å². The molecule has 2 rings (SSSR count). The molecule has 0 fully saturated rings. The van der Waals surface area contributed by atoms with E-state index < -0.39 is 0 Å². The molecule has 1 aliphatic rings. The monoisotopic (exact) mass is 290 g/mol. The molecule has 1 unspecified atom stereocenters. The lowest BCUT2D eigenvalue weighted by molar-refractivity contribution is 0.847. The van der Waals surface area contributed by atoms with Crippen molar-refractivity contribution >= 4 is 34.0 Å². The molecule has 0 spiro atoms. The Morgan fingerprint density at radius 3 is 3.00 bits per heavy atom. The molecule has 1 aromatic heterocycles. The highest BCUT2D eigenvalue weighted by atomic mass is 32.2. The molecule has 1 aromatic rings. The minimum Gasteiger partial charge on any atom is -0.379 e. The lowest BCUT2D eigenvalue weighted by atomic mass is 10.1. The molecule has 19 heavy (non-hydrogen) atoms. The van der Waals surface area contributed by atoms with Gasteiger partial charge in [0.1, 0.15) is 5.71 Å². The maximum atomic E-state index is 5.10. The van der Waals surface area contributed by atoms with Crippen molar-refractivity contribution in [2.75, 3.05) is 6.26 Å². The Morgan fingerprint density at radius 2 is 2.37 bits per heavy atom. The molecule has 0 amide bonds. The van der Waals surface area contributed by atoms with E-state index in [2.05, 4.69) is 20.8 Å². The number of allylic oxidation sites excluding steroid dienone is 2. The zero-order valence-corrected chi connectivity index (χ0v) is 12.0. The summed E-state index contributed by atoms with van der Waals surface area (Å²) in [5.41, 5.74) is 4.49. The van der Waals surface area contributed by atoms with Crippen LogP contribution < -0.4 is 10.7 Å². The number of pyridine rings is 1. The first-order chi connectivity index (χ1) is 9.31. The predicted octanol–water partition coefficient (Wildman–Crippen LogP) is 2.06. The highest BCUT2D eigenvalue weighted by Gasteiger charge is 2.16. The van der Waals surface area contributed by atoms with E-state index in [1.54, 1.807) is 6.20 Å². The fourth-order valence-electron chi connectivity index (χ4n) is 1.57. The normalized spacial score (nSPS) is 17.9. The van der Waals surface area contributed by atoms with Gasteiger partial charge < -0.3 is 5.32 Å². The summed E-state index contributed by atoms with van der Waals surface area (Å²) in [6, 6.07) is 5.73. The molecule has 0 saturated carbocycles. The third kappa shape index (κ3) is 3.90. The molecule has 0 aliphatic carbocycles. The zero-order valence-electron chi connectivity index (χ0n) is 10.4. The number of nitrogens with zero attached hydrogens (tertiary/aromatic N) is 2. The van der Waals surface area contributed by atoms with Crippen LogP contribution in [0.2, 0.25) is 0 Å². The Labute approximate surface area is 122 Å². The van der Waals surface area contributed by atoms with E-state index in [1.165, 1.54) is 11.8 Å². The van der Waals surface area contributed by atoms with Crippen LogP contribution in [0, 0.1) is 0 Å². The minimum absolute atomic E-state index is 0.0166. The van der Waals surface area contributed by atoms with Gasteiger partial charge in [-0.05, 0) is 30.7 Å². The van der Waals surface area contributed by atoms with Crippen molar-refractivity contribution in [3.63, 3.8) is 0 Å². The number of thiocarbonyl (C=S) groups is 1. The molecule has 0 saturated heterocycles. The summed E-state index contributed by atoms with van der Waals surface area (Å²) >= 11 is 6.55. The van der Waals surface area contributed by atoms with Crippen molar-refractivity contribution in [2.24, 2.45) is 5.10 Å². The van der Waals surface area contributed by atoms with Crippen molar-refractivity contribution < 1.29 is 0 Å². The Balaban J connectivity index is 2.25. The standard InChI is InChI=1S/C13H14N4S2/c1-19-13(18)17-16-12(10-6-2-4-8-14-10)11-7-3-5-9-15-11/h2-10,14H,1H3,(H,17,18)/b16-12-. The molecule has 0 radical (unpaired) electrons. The van der Waals surface area contributed by atoms with E-state index >= 15 is 0 Å². The van der Waals surface area contributed by atoms with Crippen LogP contribution in [0.4, 0.5) is 0 Å². The fraction of sp³-hybridized carbons (Fsp3) is 0.154. The Morgan fingerprint density at radius 1 is 1.47 bits per heavy atom. The zero-order chi connectivity index (χ0) is 13.5. The van der Waals surface area contributed by atoms with E-state index in [9.17, 15) is 0 Å². The van der Waals surface area contributed by atoms with Crippen LogP contribution >= 0.6 is 24.0 Å². The maximum Gasteiger partial charge on any atom is 0.153 e. The van der Waals surface area contributed by atoms with E-state index in [1.807, 2.05) is 48.9 Å². The summed E-state index contributed by atoms with van der Waals surface area (Å²) in [7, 11) is 0. The summed E-state index contributed by atoms with van der Waals surface area (Å²) < 4.78 is 0.628. The first-order valence-electron chi connectivity index (χ1n) is 5.73. The molecule has 0 bridgehead atoms. The van der Waals surface area contributed by atoms with Crippen molar-refractivity contribution in [3.05, 3.63) is 54.5 Å². The third-order valence-corrected chi connectivity index (χ3v) is 3.51. The SMILES string of the molecule is CSC(=S)N/N=C(\c1ccccn1)C1C=CC=CN1. The van der Waals surface area contributed by atoms with Gasteiger partial charge in [-0.15, -0.1) is 0 Å². The van der Waals surface area contributed by atoms with Gasteiger partial charge in [0.2, 0.25) is 0 Å². The van der Waals surface area contributed by atoms with E-state index in [0.29, 0.717) is 4.32 Å². The van der Waals surface area contributed by atoms with Crippen LogP contribution in [0.3, 0.4) is 0 Å². The molecule has 6 heteroatoms. The molecule has 4 nitrogen and oxygen atoms in total. The molecule has 2 heterocycles. The van der Waals surface area contributed by atoms with E-state index in [-0.39, 0.29) is 6.04 Å². The first kappa shape index (κ1) is 13.8. The second-order valence-corrected chi connectivity index (χ2v) is 5.19. The summed E-state index contributed by atoms with van der Waals surface area (Å²) in [6.45, 7) is 0. The molecule has 1 atom stereocenters. The van der Waals surface area contributed by atoms with Crippen molar-refractivity contribution in [3.8, 4) is 0 Å². The number of hydrogen-bond donors (Lipinski definition) is 2. The number of hydrazone groups is 1. The Bertz CT molecular complexity index is 523. The summed E-state index contributed by atoms with van der Waals surface area (Å²) in [6.07, 6.45) is 11.5.